The van der Waals surface area contributed by atoms with Crippen molar-refractivity contribution in [3.05, 3.63) is 24.2 Å². The first-order chi connectivity index (χ1) is 14.6. The maximum absolute atomic E-state index is 12.3. The van der Waals surface area contributed by atoms with Crippen LogP contribution in [-0.4, -0.2) is 93.0 Å². The predicted octanol–water partition coefficient (Wildman–Crippen LogP) is 2.14. The largest absolute Gasteiger partial charge is 0.468 e. The van der Waals surface area contributed by atoms with E-state index in [1.807, 2.05) is 20.2 Å². The molecule has 0 saturated carbocycles. The van der Waals surface area contributed by atoms with E-state index in [2.05, 4.69) is 31.5 Å². The molecule has 3 rings (SSSR count). The number of furan rings is 1. The van der Waals surface area contributed by atoms with Gasteiger partial charge in [-0.1, -0.05) is 0 Å². The van der Waals surface area contributed by atoms with E-state index in [1.54, 1.807) is 18.2 Å². The number of aliphatic imine (C=N–C) groups is 1. The van der Waals surface area contributed by atoms with Crippen LogP contribution in [0.2, 0.25) is 0 Å². The Morgan fingerprint density at radius 3 is 2.68 bits per heavy atom. The van der Waals surface area contributed by atoms with Crippen LogP contribution in [-0.2, 0) is 4.79 Å². The first-order valence-corrected chi connectivity index (χ1v) is 11.3. The summed E-state index contributed by atoms with van der Waals surface area (Å²) in [5.74, 6) is 2.04. The number of likely N-dealkylation sites (tertiary alicyclic amines) is 2. The topological polar surface area (TPSA) is 76.4 Å². The molecule has 9 heteroatoms. The fourth-order valence-electron chi connectivity index (χ4n) is 4.52. The van der Waals surface area contributed by atoms with Gasteiger partial charge >= 0.3 is 0 Å². The Morgan fingerprint density at radius 2 is 2.03 bits per heavy atom. The highest BCUT2D eigenvalue weighted by molar-refractivity contribution is 14.0. The molecule has 1 amide bonds. The first-order valence-electron chi connectivity index (χ1n) is 11.3. The summed E-state index contributed by atoms with van der Waals surface area (Å²) in [6.07, 6.45) is 7.30. The average Bonchev–Trinajstić information content (AvgIpc) is 3.52. The van der Waals surface area contributed by atoms with Gasteiger partial charge in [-0.25, -0.2) is 0 Å². The first kappa shape index (κ1) is 25.9. The van der Waals surface area contributed by atoms with E-state index in [0.717, 1.165) is 70.3 Å². The second-order valence-corrected chi connectivity index (χ2v) is 8.43. The molecule has 176 valence electrons. The van der Waals surface area contributed by atoms with Crippen molar-refractivity contribution in [2.24, 2.45) is 4.99 Å². The lowest BCUT2D eigenvalue weighted by Gasteiger charge is -2.27. The lowest BCUT2D eigenvalue weighted by molar-refractivity contribution is -0.133. The monoisotopic (exact) mass is 546 g/mol. The van der Waals surface area contributed by atoms with E-state index in [9.17, 15) is 4.79 Å². The lowest BCUT2D eigenvalue weighted by atomic mass is 10.2. The maximum Gasteiger partial charge on any atom is 0.239 e. The summed E-state index contributed by atoms with van der Waals surface area (Å²) in [5.41, 5.74) is 0. The van der Waals surface area contributed by atoms with Gasteiger partial charge in [-0.05, 0) is 63.9 Å². The van der Waals surface area contributed by atoms with Crippen LogP contribution in [0.4, 0.5) is 0 Å². The standard InChI is InChI=1S/C22H38N6O2.HI/c1-23-22(24-11-8-15-27-14-6-9-18(27)21(29)26(2)3)25-17-19(20-10-7-16-30-20)28-12-4-5-13-28;/h7,10,16,18-19H,4-6,8-9,11-15,17H2,1-3H3,(H2,23,24,25);1H. The third kappa shape index (κ3) is 7.35. The third-order valence-corrected chi connectivity index (χ3v) is 6.14. The predicted molar refractivity (Wildman–Crippen MR) is 135 cm³/mol. The number of nitrogens with zero attached hydrogens (tertiary/aromatic N) is 4. The Labute approximate surface area is 203 Å². The van der Waals surface area contributed by atoms with Crippen LogP contribution in [0.1, 0.15) is 43.9 Å². The summed E-state index contributed by atoms with van der Waals surface area (Å²) in [6.45, 7) is 5.76. The summed E-state index contributed by atoms with van der Waals surface area (Å²) in [5, 5.41) is 6.89. The fourth-order valence-corrected chi connectivity index (χ4v) is 4.52. The smallest absolute Gasteiger partial charge is 0.239 e. The maximum atomic E-state index is 12.3. The van der Waals surface area contributed by atoms with Gasteiger partial charge in [0.25, 0.3) is 0 Å². The number of hydrogen-bond donors (Lipinski definition) is 2. The number of rotatable bonds is 9. The van der Waals surface area contributed by atoms with E-state index in [0.29, 0.717) is 0 Å². The number of nitrogens with one attached hydrogen (secondary N) is 2. The molecule has 2 N–H and O–H groups in total. The number of hydrogen-bond acceptors (Lipinski definition) is 5. The minimum atomic E-state index is 0. The molecule has 0 aliphatic carbocycles. The third-order valence-electron chi connectivity index (χ3n) is 6.14. The highest BCUT2D eigenvalue weighted by Crippen LogP contribution is 2.24. The van der Waals surface area contributed by atoms with Gasteiger partial charge in [0.15, 0.2) is 5.96 Å². The van der Waals surface area contributed by atoms with Crippen LogP contribution in [0.5, 0.6) is 0 Å². The summed E-state index contributed by atoms with van der Waals surface area (Å²) < 4.78 is 5.70. The van der Waals surface area contributed by atoms with Crippen molar-refractivity contribution >= 4 is 35.8 Å². The Hall–Kier alpha value is -1.33. The zero-order chi connectivity index (χ0) is 21.3. The molecule has 2 atom stereocenters. The van der Waals surface area contributed by atoms with E-state index < -0.39 is 0 Å². The van der Waals surface area contributed by atoms with Gasteiger partial charge in [0.1, 0.15) is 5.76 Å². The molecular formula is C22H39IN6O2. The molecule has 0 aromatic carbocycles. The quantitative estimate of drug-likeness (QED) is 0.214. The Morgan fingerprint density at radius 1 is 1.26 bits per heavy atom. The molecule has 1 aromatic rings. The van der Waals surface area contributed by atoms with Crippen molar-refractivity contribution < 1.29 is 9.21 Å². The number of carbonyl (C=O) groups excluding carboxylic acids is 1. The average molecular weight is 546 g/mol. The molecule has 2 aliphatic heterocycles. The normalized spacial score (nSPS) is 21.0. The second kappa shape index (κ2) is 13.3. The number of halogens is 1. The van der Waals surface area contributed by atoms with Crippen LogP contribution in [0, 0.1) is 0 Å². The second-order valence-electron chi connectivity index (χ2n) is 8.43. The van der Waals surface area contributed by atoms with Crippen molar-refractivity contribution in [3.8, 4) is 0 Å². The molecular weight excluding hydrogens is 507 g/mol. The van der Waals surface area contributed by atoms with Crippen LogP contribution in [0.3, 0.4) is 0 Å². The van der Waals surface area contributed by atoms with E-state index in [1.165, 1.54) is 12.8 Å². The molecule has 3 heterocycles. The van der Waals surface area contributed by atoms with Crippen molar-refractivity contribution in [2.75, 3.05) is 60.4 Å². The van der Waals surface area contributed by atoms with Gasteiger partial charge < -0.3 is 20.0 Å². The zero-order valence-corrected chi connectivity index (χ0v) is 21.5. The van der Waals surface area contributed by atoms with E-state index in [-0.39, 0.29) is 42.0 Å². The summed E-state index contributed by atoms with van der Waals surface area (Å²) in [7, 11) is 5.49. The highest BCUT2D eigenvalue weighted by atomic mass is 127. The molecule has 0 spiro atoms. The SMILES string of the molecule is CN=C(NCCCN1CCCC1C(=O)N(C)C)NCC(c1ccco1)N1CCCC1.I. The van der Waals surface area contributed by atoms with Gasteiger partial charge in [-0.3, -0.25) is 19.6 Å². The Bertz CT molecular complexity index is 676. The number of amides is 1. The van der Waals surface area contributed by atoms with E-state index >= 15 is 0 Å². The van der Waals surface area contributed by atoms with Gasteiger partial charge in [0, 0.05) is 40.8 Å². The van der Waals surface area contributed by atoms with Crippen molar-refractivity contribution in [1.29, 1.82) is 0 Å². The van der Waals surface area contributed by atoms with Crippen LogP contribution >= 0.6 is 24.0 Å². The molecule has 8 nitrogen and oxygen atoms in total. The number of carbonyl (C=O) groups is 1. The van der Waals surface area contributed by atoms with Gasteiger partial charge in [0.05, 0.1) is 18.3 Å². The molecule has 1 aromatic heterocycles. The minimum absolute atomic E-state index is 0. The summed E-state index contributed by atoms with van der Waals surface area (Å²) in [6, 6.07) is 4.29. The van der Waals surface area contributed by atoms with Crippen molar-refractivity contribution in [2.45, 2.75) is 44.2 Å². The number of likely N-dealkylation sites (N-methyl/N-ethyl adjacent to an activating group) is 1. The van der Waals surface area contributed by atoms with Crippen LogP contribution in [0.25, 0.3) is 0 Å². The number of guanidine groups is 1. The highest BCUT2D eigenvalue weighted by Gasteiger charge is 2.31. The minimum Gasteiger partial charge on any atom is -0.468 e. The van der Waals surface area contributed by atoms with E-state index in [4.69, 9.17) is 4.42 Å². The molecule has 2 aliphatic rings. The van der Waals surface area contributed by atoms with Crippen molar-refractivity contribution in [3.63, 3.8) is 0 Å². The van der Waals surface area contributed by atoms with Gasteiger partial charge in [-0.2, -0.15) is 0 Å². The molecule has 31 heavy (non-hydrogen) atoms. The molecule has 2 fully saturated rings. The van der Waals surface area contributed by atoms with Crippen molar-refractivity contribution in [1.82, 2.24) is 25.3 Å². The fraction of sp³-hybridized carbons (Fsp3) is 0.727. The van der Waals surface area contributed by atoms with Gasteiger partial charge in [-0.15, -0.1) is 24.0 Å². The molecule has 2 saturated heterocycles. The Balaban J connectivity index is 0.00000341. The zero-order valence-electron chi connectivity index (χ0n) is 19.2. The van der Waals surface area contributed by atoms with Crippen LogP contribution in [0.15, 0.2) is 27.8 Å². The molecule has 2 unspecified atom stereocenters. The lowest BCUT2D eigenvalue weighted by Crippen LogP contribution is -2.45. The Kier molecular flexibility index (Phi) is 11.1. The molecule has 0 radical (unpaired) electrons. The summed E-state index contributed by atoms with van der Waals surface area (Å²) >= 11 is 0. The van der Waals surface area contributed by atoms with Gasteiger partial charge in [0.2, 0.25) is 5.91 Å². The van der Waals surface area contributed by atoms with Crippen LogP contribution < -0.4 is 10.6 Å². The summed E-state index contributed by atoms with van der Waals surface area (Å²) in [4.78, 5) is 23.2. The molecule has 0 bridgehead atoms.